The molecule has 0 unspecified atom stereocenters. The molecule has 192 valence electrons. The number of amides is 1. The second-order valence-electron chi connectivity index (χ2n) is 8.28. The van der Waals surface area contributed by atoms with E-state index in [2.05, 4.69) is 5.32 Å². The van der Waals surface area contributed by atoms with Crippen molar-refractivity contribution in [3.63, 3.8) is 0 Å². The lowest BCUT2D eigenvalue weighted by molar-refractivity contribution is -0.114. The van der Waals surface area contributed by atoms with Crippen molar-refractivity contribution in [2.75, 3.05) is 9.62 Å². The second-order valence-corrected chi connectivity index (χ2v) is 9.95. The van der Waals surface area contributed by atoms with Gasteiger partial charge in [0.05, 0.1) is 16.9 Å². The molecule has 0 saturated heterocycles. The molecule has 0 bridgehead atoms. The van der Waals surface area contributed by atoms with Crippen LogP contribution in [-0.4, -0.2) is 18.9 Å². The largest absolute Gasteiger partial charge is 0.456 e. The van der Waals surface area contributed by atoms with Gasteiger partial charge in [0.1, 0.15) is 17.6 Å². The standard InChI is InChI=1S/C28H22ClN3O5S/c1-19(33)31-23-7-9-24(10-8-23)32(38(34,35)36)25-11-14-28(22(16-25)18-30)37-26-12-13-27(29)21(17-26)15-20-5-3-2-4-6-20/h2-14,16-17H,15H2,1H3,(H,31,33)(H,34,35,36). The maximum Gasteiger partial charge on any atom is 0.364 e. The van der Waals surface area contributed by atoms with Gasteiger partial charge in [0, 0.05) is 17.6 Å². The molecule has 0 aliphatic carbocycles. The summed E-state index contributed by atoms with van der Waals surface area (Å²) in [6.45, 7) is 1.35. The van der Waals surface area contributed by atoms with E-state index >= 15 is 0 Å². The summed E-state index contributed by atoms with van der Waals surface area (Å²) in [5.41, 5.74) is 2.53. The van der Waals surface area contributed by atoms with E-state index in [-0.39, 0.29) is 28.6 Å². The minimum Gasteiger partial charge on any atom is -0.456 e. The Bertz CT molecular complexity index is 1620. The third kappa shape index (κ3) is 6.49. The van der Waals surface area contributed by atoms with Gasteiger partial charge in [-0.05, 0) is 78.2 Å². The lowest BCUT2D eigenvalue weighted by Crippen LogP contribution is -2.25. The number of hydrogen-bond donors (Lipinski definition) is 2. The molecule has 10 heteroatoms. The van der Waals surface area contributed by atoms with Crippen LogP contribution in [-0.2, 0) is 21.5 Å². The molecule has 2 N–H and O–H groups in total. The number of carbonyl (C=O) groups excluding carboxylic acids is 1. The van der Waals surface area contributed by atoms with Gasteiger partial charge in [-0.2, -0.15) is 13.7 Å². The molecule has 0 saturated carbocycles. The molecule has 0 heterocycles. The SMILES string of the molecule is CC(=O)Nc1ccc(N(c2ccc(Oc3ccc(Cl)c(Cc4ccccc4)c3)c(C#N)c2)S(=O)(=O)O)cc1. The average molecular weight is 548 g/mol. The van der Waals surface area contributed by atoms with Crippen molar-refractivity contribution < 1.29 is 22.5 Å². The Hall–Kier alpha value is -4.36. The van der Waals surface area contributed by atoms with Gasteiger partial charge in [0.25, 0.3) is 0 Å². The van der Waals surface area contributed by atoms with E-state index in [1.807, 2.05) is 36.4 Å². The van der Waals surface area contributed by atoms with Crippen LogP contribution >= 0.6 is 11.6 Å². The number of nitrogens with one attached hydrogen (secondary N) is 1. The van der Waals surface area contributed by atoms with Gasteiger partial charge in [-0.3, -0.25) is 9.35 Å². The topological polar surface area (TPSA) is 120 Å². The van der Waals surface area contributed by atoms with Crippen LogP contribution in [0.2, 0.25) is 5.02 Å². The smallest absolute Gasteiger partial charge is 0.364 e. The molecule has 4 aromatic rings. The van der Waals surface area contributed by atoms with E-state index in [4.69, 9.17) is 16.3 Å². The minimum atomic E-state index is -4.76. The number of ether oxygens (including phenoxy) is 1. The van der Waals surface area contributed by atoms with Gasteiger partial charge in [0.15, 0.2) is 0 Å². The number of rotatable bonds is 8. The van der Waals surface area contributed by atoms with Crippen molar-refractivity contribution in [3.8, 4) is 17.6 Å². The summed E-state index contributed by atoms with van der Waals surface area (Å²) >= 11 is 6.38. The van der Waals surface area contributed by atoms with Crippen LogP contribution in [0.3, 0.4) is 0 Å². The first-order valence-electron chi connectivity index (χ1n) is 11.3. The number of nitriles is 1. The Labute approximate surface area is 225 Å². The zero-order valence-electron chi connectivity index (χ0n) is 20.1. The maximum atomic E-state index is 12.3. The van der Waals surface area contributed by atoms with Crippen LogP contribution in [0.1, 0.15) is 23.6 Å². The first-order chi connectivity index (χ1) is 18.1. The highest BCUT2D eigenvalue weighted by Gasteiger charge is 2.23. The number of benzene rings is 4. The first kappa shape index (κ1) is 26.7. The van der Waals surface area contributed by atoms with E-state index in [0.29, 0.717) is 27.2 Å². The van der Waals surface area contributed by atoms with Gasteiger partial charge in [-0.15, -0.1) is 0 Å². The van der Waals surface area contributed by atoms with Crippen molar-refractivity contribution in [2.24, 2.45) is 0 Å². The summed E-state index contributed by atoms with van der Waals surface area (Å²) in [6.07, 6.45) is 0.588. The highest BCUT2D eigenvalue weighted by Crippen LogP contribution is 2.35. The van der Waals surface area contributed by atoms with Crippen molar-refractivity contribution in [1.29, 1.82) is 5.26 Å². The second kappa shape index (κ2) is 11.4. The Morgan fingerprint density at radius 2 is 1.68 bits per heavy atom. The number of hydrogen-bond acceptors (Lipinski definition) is 5. The number of nitrogens with zero attached hydrogens (tertiary/aromatic N) is 2. The van der Waals surface area contributed by atoms with E-state index in [0.717, 1.165) is 11.1 Å². The van der Waals surface area contributed by atoms with Crippen molar-refractivity contribution in [2.45, 2.75) is 13.3 Å². The molecular weight excluding hydrogens is 526 g/mol. The molecule has 38 heavy (non-hydrogen) atoms. The number of halogens is 1. The molecule has 0 aliphatic heterocycles. The molecule has 0 radical (unpaired) electrons. The first-order valence-corrected chi connectivity index (χ1v) is 13.1. The Morgan fingerprint density at radius 1 is 1.00 bits per heavy atom. The zero-order chi connectivity index (χ0) is 27.3. The van der Waals surface area contributed by atoms with Crippen LogP contribution < -0.4 is 14.4 Å². The van der Waals surface area contributed by atoms with E-state index in [9.17, 15) is 23.0 Å². The summed E-state index contributed by atoms with van der Waals surface area (Å²) in [4.78, 5) is 11.3. The van der Waals surface area contributed by atoms with Crippen LogP contribution in [0.25, 0.3) is 0 Å². The fourth-order valence-electron chi connectivity index (χ4n) is 3.81. The van der Waals surface area contributed by atoms with Crippen LogP contribution in [0.15, 0.2) is 91.0 Å². The van der Waals surface area contributed by atoms with Gasteiger partial charge in [-0.1, -0.05) is 41.9 Å². The summed E-state index contributed by atoms with van der Waals surface area (Å²) in [5.74, 6) is 0.358. The Morgan fingerprint density at radius 3 is 2.32 bits per heavy atom. The highest BCUT2D eigenvalue weighted by molar-refractivity contribution is 7.87. The average Bonchev–Trinajstić information content (AvgIpc) is 2.87. The number of carbonyl (C=O) groups is 1. The van der Waals surface area contributed by atoms with Gasteiger partial charge >= 0.3 is 10.3 Å². The van der Waals surface area contributed by atoms with E-state index in [1.54, 1.807) is 18.2 Å². The molecule has 4 rings (SSSR count). The fourth-order valence-corrected chi connectivity index (χ4v) is 4.76. The third-order valence-electron chi connectivity index (χ3n) is 5.45. The monoisotopic (exact) mass is 547 g/mol. The summed E-state index contributed by atoms with van der Waals surface area (Å²) in [5, 5.41) is 12.9. The minimum absolute atomic E-state index is 0.0181. The predicted octanol–water partition coefficient (Wildman–Crippen LogP) is 6.49. The molecule has 0 aromatic heterocycles. The van der Waals surface area contributed by atoms with Gasteiger partial charge < -0.3 is 10.1 Å². The van der Waals surface area contributed by atoms with Gasteiger partial charge in [0.2, 0.25) is 5.91 Å². The van der Waals surface area contributed by atoms with Crippen LogP contribution in [0.5, 0.6) is 11.5 Å². The molecule has 4 aromatic carbocycles. The highest BCUT2D eigenvalue weighted by atomic mass is 35.5. The predicted molar refractivity (Wildman–Crippen MR) is 146 cm³/mol. The zero-order valence-corrected chi connectivity index (χ0v) is 21.7. The lowest BCUT2D eigenvalue weighted by Gasteiger charge is -2.22. The fraction of sp³-hybridized carbons (Fsp3) is 0.0714. The van der Waals surface area contributed by atoms with Crippen LogP contribution in [0, 0.1) is 11.3 Å². The van der Waals surface area contributed by atoms with E-state index < -0.39 is 10.3 Å². The third-order valence-corrected chi connectivity index (χ3v) is 6.71. The van der Waals surface area contributed by atoms with Crippen LogP contribution in [0.4, 0.5) is 17.1 Å². The molecule has 1 amide bonds. The van der Waals surface area contributed by atoms with Crippen molar-refractivity contribution >= 4 is 44.9 Å². The van der Waals surface area contributed by atoms with Gasteiger partial charge in [-0.25, -0.2) is 4.31 Å². The maximum absolute atomic E-state index is 12.3. The molecule has 8 nitrogen and oxygen atoms in total. The van der Waals surface area contributed by atoms with E-state index in [1.165, 1.54) is 49.4 Å². The molecular formula is C28H22ClN3O5S. The molecule has 0 atom stereocenters. The van der Waals surface area contributed by atoms with Crippen molar-refractivity contribution in [1.82, 2.24) is 0 Å². The summed E-state index contributed by atoms with van der Waals surface area (Å²) in [6, 6.07) is 26.9. The lowest BCUT2D eigenvalue weighted by atomic mass is 10.0. The molecule has 0 aliphatic rings. The quantitative estimate of drug-likeness (QED) is 0.243. The normalized spacial score (nSPS) is 10.9. The number of anilines is 3. The Kier molecular flexibility index (Phi) is 7.98. The summed E-state index contributed by atoms with van der Waals surface area (Å²) < 4.78 is 41.1. The van der Waals surface area contributed by atoms with Crippen molar-refractivity contribution in [3.05, 3.63) is 113 Å². The summed E-state index contributed by atoms with van der Waals surface area (Å²) in [7, 11) is -4.76. The Balaban J connectivity index is 1.63. The molecule has 0 fully saturated rings. The molecule has 0 spiro atoms.